The lowest BCUT2D eigenvalue weighted by atomic mass is 9.98. The number of hydrogen-bond acceptors (Lipinski definition) is 5. The molecule has 2 aromatic rings. The van der Waals surface area contributed by atoms with Crippen molar-refractivity contribution in [2.45, 2.75) is 12.0 Å². The molecule has 3 rings (SSSR count). The van der Waals surface area contributed by atoms with Crippen LogP contribution in [0.3, 0.4) is 0 Å². The third-order valence-corrected chi connectivity index (χ3v) is 4.92. The fourth-order valence-electron chi connectivity index (χ4n) is 3.60. The van der Waals surface area contributed by atoms with E-state index in [4.69, 9.17) is 9.84 Å². The van der Waals surface area contributed by atoms with Gasteiger partial charge in [0.1, 0.15) is 19.2 Å². The highest BCUT2D eigenvalue weighted by atomic mass is 16.5. The van der Waals surface area contributed by atoms with E-state index in [1.807, 2.05) is 48.5 Å². The van der Waals surface area contributed by atoms with Crippen LogP contribution in [0.5, 0.6) is 0 Å². The summed E-state index contributed by atoms with van der Waals surface area (Å²) >= 11 is 0. The molecular weight excluding hydrogens is 386 g/mol. The summed E-state index contributed by atoms with van der Waals surface area (Å²) in [5.41, 5.74) is 4.44. The standard InChI is InChI=1S/C22H25N3O5/c1-25(2)12-19(21(27)28)24-20(26)11-23-22(29)30-13-18-16-9-5-3-7-14(16)15-8-4-6-10-17(15)18/h3-10,18-19H,11-13H2,1-2H3,(H,23,29)(H,24,26)(H,27,28). The third kappa shape index (κ3) is 4.96. The van der Waals surface area contributed by atoms with E-state index in [9.17, 15) is 14.4 Å². The molecule has 1 unspecified atom stereocenters. The first kappa shape index (κ1) is 21.3. The Morgan fingerprint density at radius 2 is 1.60 bits per heavy atom. The molecule has 0 saturated heterocycles. The van der Waals surface area contributed by atoms with E-state index in [0.29, 0.717) is 0 Å². The minimum absolute atomic E-state index is 0.0755. The number of likely N-dealkylation sites (N-methyl/N-ethyl adjacent to an activating group) is 1. The van der Waals surface area contributed by atoms with Crippen LogP contribution in [0.15, 0.2) is 48.5 Å². The maximum absolute atomic E-state index is 12.1. The summed E-state index contributed by atoms with van der Waals surface area (Å²) in [6.07, 6.45) is -0.730. The normalized spacial score (nSPS) is 13.3. The summed E-state index contributed by atoms with van der Waals surface area (Å²) in [6.45, 7) is -0.0836. The van der Waals surface area contributed by atoms with Crippen LogP contribution in [0.1, 0.15) is 17.0 Å². The fraction of sp³-hybridized carbons (Fsp3) is 0.318. The zero-order valence-corrected chi connectivity index (χ0v) is 16.9. The van der Waals surface area contributed by atoms with Crippen molar-refractivity contribution in [2.75, 3.05) is 33.8 Å². The average molecular weight is 411 g/mol. The van der Waals surface area contributed by atoms with Crippen LogP contribution in [0.2, 0.25) is 0 Å². The van der Waals surface area contributed by atoms with Crippen molar-refractivity contribution in [3.63, 3.8) is 0 Å². The molecule has 1 aliphatic rings. The van der Waals surface area contributed by atoms with Gasteiger partial charge in [-0.3, -0.25) is 4.79 Å². The van der Waals surface area contributed by atoms with Gasteiger partial charge in [-0.05, 0) is 36.3 Å². The van der Waals surface area contributed by atoms with Crippen molar-refractivity contribution in [1.29, 1.82) is 0 Å². The molecule has 3 N–H and O–H groups in total. The largest absolute Gasteiger partial charge is 0.480 e. The number of carbonyl (C=O) groups excluding carboxylic acids is 2. The van der Waals surface area contributed by atoms with Gasteiger partial charge in [0.25, 0.3) is 0 Å². The summed E-state index contributed by atoms with van der Waals surface area (Å²) in [7, 11) is 3.41. The molecule has 0 aromatic heterocycles. The maximum atomic E-state index is 12.1. The predicted molar refractivity (Wildman–Crippen MR) is 111 cm³/mol. The lowest BCUT2D eigenvalue weighted by molar-refractivity contribution is -0.142. The van der Waals surface area contributed by atoms with Crippen LogP contribution in [-0.4, -0.2) is 67.8 Å². The van der Waals surface area contributed by atoms with E-state index < -0.39 is 24.0 Å². The second-order valence-electron chi connectivity index (χ2n) is 7.40. The minimum Gasteiger partial charge on any atom is -0.480 e. The summed E-state index contributed by atoms with van der Waals surface area (Å²) in [4.78, 5) is 36.9. The monoisotopic (exact) mass is 411 g/mol. The first-order chi connectivity index (χ1) is 14.4. The predicted octanol–water partition coefficient (Wildman–Crippen LogP) is 1.66. The van der Waals surface area contributed by atoms with Crippen LogP contribution >= 0.6 is 0 Å². The molecule has 1 atom stereocenters. The number of benzene rings is 2. The highest BCUT2D eigenvalue weighted by Gasteiger charge is 2.29. The molecule has 2 amide bonds. The van der Waals surface area contributed by atoms with Crippen LogP contribution in [0.25, 0.3) is 11.1 Å². The maximum Gasteiger partial charge on any atom is 0.407 e. The Kier molecular flexibility index (Phi) is 6.68. The molecule has 0 bridgehead atoms. The van der Waals surface area contributed by atoms with E-state index >= 15 is 0 Å². The molecule has 8 nitrogen and oxygen atoms in total. The van der Waals surface area contributed by atoms with Gasteiger partial charge in [-0.2, -0.15) is 0 Å². The zero-order chi connectivity index (χ0) is 21.7. The van der Waals surface area contributed by atoms with E-state index in [-0.39, 0.29) is 25.6 Å². The molecule has 0 fully saturated rings. The van der Waals surface area contributed by atoms with Crippen molar-refractivity contribution < 1.29 is 24.2 Å². The number of aliphatic carboxylic acids is 1. The molecule has 0 radical (unpaired) electrons. The second kappa shape index (κ2) is 9.41. The quantitative estimate of drug-likeness (QED) is 0.610. The van der Waals surface area contributed by atoms with Crippen molar-refractivity contribution >= 4 is 18.0 Å². The Bertz CT molecular complexity index is 898. The number of carboxylic acids is 1. The van der Waals surface area contributed by atoms with Gasteiger partial charge < -0.3 is 25.4 Å². The summed E-state index contributed by atoms with van der Waals surface area (Å²) < 4.78 is 5.35. The average Bonchev–Trinajstić information content (AvgIpc) is 3.04. The number of nitrogens with one attached hydrogen (secondary N) is 2. The Balaban J connectivity index is 1.53. The molecule has 2 aromatic carbocycles. The topological polar surface area (TPSA) is 108 Å². The lowest BCUT2D eigenvalue weighted by Crippen LogP contribution is -2.49. The molecule has 0 heterocycles. The second-order valence-corrected chi connectivity index (χ2v) is 7.40. The molecule has 30 heavy (non-hydrogen) atoms. The number of nitrogens with zero attached hydrogens (tertiary/aromatic N) is 1. The Morgan fingerprint density at radius 1 is 1.03 bits per heavy atom. The first-order valence-electron chi connectivity index (χ1n) is 9.62. The van der Waals surface area contributed by atoms with Crippen molar-refractivity contribution in [2.24, 2.45) is 0 Å². The minimum atomic E-state index is -1.14. The van der Waals surface area contributed by atoms with Gasteiger partial charge in [0, 0.05) is 12.5 Å². The highest BCUT2D eigenvalue weighted by Crippen LogP contribution is 2.44. The van der Waals surface area contributed by atoms with Crippen LogP contribution in [0.4, 0.5) is 4.79 Å². The number of hydrogen-bond donors (Lipinski definition) is 3. The van der Waals surface area contributed by atoms with Gasteiger partial charge in [-0.25, -0.2) is 9.59 Å². The molecule has 158 valence electrons. The van der Waals surface area contributed by atoms with Gasteiger partial charge in [-0.15, -0.1) is 0 Å². The summed E-state index contributed by atoms with van der Waals surface area (Å²) in [5, 5.41) is 13.9. The number of alkyl carbamates (subject to hydrolysis) is 1. The molecule has 0 spiro atoms. The highest BCUT2D eigenvalue weighted by molar-refractivity contribution is 5.86. The van der Waals surface area contributed by atoms with Gasteiger partial charge in [0.15, 0.2) is 0 Å². The number of fused-ring (bicyclic) bond motifs is 3. The number of amides is 2. The van der Waals surface area contributed by atoms with Gasteiger partial charge in [-0.1, -0.05) is 48.5 Å². The number of ether oxygens (including phenoxy) is 1. The SMILES string of the molecule is CN(C)CC(NC(=O)CNC(=O)OCC1c2ccccc2-c2ccccc21)C(=O)O. The van der Waals surface area contributed by atoms with E-state index in [2.05, 4.69) is 10.6 Å². The number of carbonyl (C=O) groups is 3. The van der Waals surface area contributed by atoms with Gasteiger partial charge in [0.05, 0.1) is 0 Å². The molecule has 0 aliphatic heterocycles. The summed E-state index contributed by atoms with van der Waals surface area (Å²) in [6, 6.07) is 14.9. The van der Waals surface area contributed by atoms with Crippen LogP contribution in [0, 0.1) is 0 Å². The zero-order valence-electron chi connectivity index (χ0n) is 16.9. The lowest BCUT2D eigenvalue weighted by Gasteiger charge is -2.19. The van der Waals surface area contributed by atoms with E-state index in [0.717, 1.165) is 22.3 Å². The first-order valence-corrected chi connectivity index (χ1v) is 9.62. The van der Waals surface area contributed by atoms with Gasteiger partial charge >= 0.3 is 12.1 Å². The smallest absolute Gasteiger partial charge is 0.407 e. The molecule has 8 heteroatoms. The van der Waals surface area contributed by atoms with Gasteiger partial charge in [0.2, 0.25) is 5.91 Å². The number of carboxylic acid groups (broad SMARTS) is 1. The Morgan fingerprint density at radius 3 is 2.13 bits per heavy atom. The molecule has 1 aliphatic carbocycles. The molecular formula is C22H25N3O5. The third-order valence-electron chi connectivity index (χ3n) is 4.92. The van der Waals surface area contributed by atoms with Crippen LogP contribution < -0.4 is 10.6 Å². The Labute approximate surface area is 174 Å². The van der Waals surface area contributed by atoms with Crippen molar-refractivity contribution in [1.82, 2.24) is 15.5 Å². The fourth-order valence-corrected chi connectivity index (χ4v) is 3.60. The van der Waals surface area contributed by atoms with E-state index in [1.165, 1.54) is 0 Å². The van der Waals surface area contributed by atoms with Crippen molar-refractivity contribution in [3.05, 3.63) is 59.7 Å². The van der Waals surface area contributed by atoms with Crippen LogP contribution in [-0.2, 0) is 14.3 Å². The Hall–Kier alpha value is -3.39. The van der Waals surface area contributed by atoms with Crippen molar-refractivity contribution in [3.8, 4) is 11.1 Å². The molecule has 0 saturated carbocycles. The summed E-state index contributed by atoms with van der Waals surface area (Å²) in [5.74, 6) is -1.82. The number of rotatable bonds is 8. The van der Waals surface area contributed by atoms with E-state index in [1.54, 1.807) is 19.0 Å².